The third-order valence-electron chi connectivity index (χ3n) is 17.2. The van der Waals surface area contributed by atoms with Crippen LogP contribution >= 0.6 is 0 Å². The maximum Gasteiger partial charge on any atom is 0.220 e. The van der Waals surface area contributed by atoms with E-state index in [9.17, 15) is 15.0 Å². The molecule has 462 valence electrons. The van der Waals surface area contributed by atoms with Gasteiger partial charge in [-0.2, -0.15) is 0 Å². The number of hydrogen-bond donors (Lipinski definition) is 3. The summed E-state index contributed by atoms with van der Waals surface area (Å²) in [7, 11) is 0. The fourth-order valence-electron chi connectivity index (χ4n) is 11.7. The molecule has 0 bridgehead atoms. The van der Waals surface area contributed by atoms with E-state index in [1.54, 1.807) is 0 Å². The Hall–Kier alpha value is -1.39. The molecule has 1 amide bonds. The fourth-order valence-corrected chi connectivity index (χ4v) is 11.7. The number of hydrogen-bond acceptors (Lipinski definition) is 3. The Morgan fingerprint density at radius 2 is 0.526 bits per heavy atom. The van der Waals surface area contributed by atoms with Crippen molar-refractivity contribution >= 4 is 5.91 Å². The minimum Gasteiger partial charge on any atom is -0.394 e. The number of unbranched alkanes of at least 4 members (excludes halogenated alkanes) is 55. The first kappa shape index (κ1) is 76.6. The van der Waals surface area contributed by atoms with E-state index in [1.807, 2.05) is 0 Å². The Labute approximate surface area is 491 Å². The summed E-state index contributed by atoms with van der Waals surface area (Å²) >= 11 is 0. The number of rotatable bonds is 68. The van der Waals surface area contributed by atoms with Crippen molar-refractivity contribution < 1.29 is 15.0 Å². The molecule has 0 aromatic carbocycles. The second-order valence-electron chi connectivity index (χ2n) is 25.0. The van der Waals surface area contributed by atoms with Crippen LogP contribution in [0.4, 0.5) is 0 Å². The van der Waals surface area contributed by atoms with Gasteiger partial charge in [0.25, 0.3) is 0 Å². The van der Waals surface area contributed by atoms with Crippen LogP contribution in [-0.4, -0.2) is 34.9 Å². The molecule has 3 N–H and O–H groups in total. The molecule has 0 spiro atoms. The molecule has 0 aromatic rings. The Morgan fingerprint density at radius 1 is 0.308 bits per heavy atom. The number of nitrogens with one attached hydrogen (secondary N) is 1. The second kappa shape index (κ2) is 69.9. The zero-order chi connectivity index (χ0) is 56.2. The van der Waals surface area contributed by atoms with Crippen LogP contribution in [0.25, 0.3) is 0 Å². The molecule has 0 heterocycles. The van der Waals surface area contributed by atoms with Crippen LogP contribution in [0.3, 0.4) is 0 Å². The lowest BCUT2D eigenvalue weighted by atomic mass is 10.0. The van der Waals surface area contributed by atoms with Gasteiger partial charge in [-0.05, 0) is 51.4 Å². The molecule has 4 heteroatoms. The minimum absolute atomic E-state index is 0.0217. The van der Waals surface area contributed by atoms with Gasteiger partial charge < -0.3 is 15.5 Å². The standard InChI is InChI=1S/C74H143NO3/c1-3-5-7-9-11-13-15-17-19-21-23-25-27-29-31-32-33-34-35-36-37-38-39-40-41-42-44-46-48-50-52-54-56-58-60-62-64-66-68-70-74(78)75-72(71-76)73(77)69-67-65-63-61-59-57-55-53-51-49-47-45-43-30-28-26-24-22-20-18-16-14-12-10-8-6-4-2/h15,17,21,23,27,29,72-73,76-77H,3-14,16,18-20,22,24-26,28,30-71H2,1-2H3,(H,75,78)/b17-15-,23-21-,29-27-. The fraction of sp³-hybridized carbons (Fsp3) is 0.905. The molecule has 78 heavy (non-hydrogen) atoms. The van der Waals surface area contributed by atoms with Gasteiger partial charge in [0.2, 0.25) is 5.91 Å². The van der Waals surface area contributed by atoms with E-state index < -0.39 is 12.1 Å². The molecular weight excluding hydrogens is 951 g/mol. The lowest BCUT2D eigenvalue weighted by Gasteiger charge is -2.22. The third-order valence-corrected chi connectivity index (χ3v) is 17.2. The minimum atomic E-state index is -0.659. The predicted octanol–water partition coefficient (Wildman–Crippen LogP) is 24.7. The molecule has 0 aliphatic rings. The Kier molecular flexibility index (Phi) is 68.6. The average Bonchev–Trinajstić information content (AvgIpc) is 3.44. The van der Waals surface area contributed by atoms with Crippen molar-refractivity contribution in [2.45, 2.75) is 424 Å². The molecule has 0 saturated heterocycles. The molecule has 2 unspecified atom stereocenters. The smallest absolute Gasteiger partial charge is 0.220 e. The number of aliphatic hydroxyl groups is 2. The summed E-state index contributed by atoms with van der Waals surface area (Å²) in [6.07, 6.45) is 96.4. The van der Waals surface area contributed by atoms with E-state index in [0.29, 0.717) is 12.8 Å². The van der Waals surface area contributed by atoms with Crippen molar-refractivity contribution in [3.63, 3.8) is 0 Å². The average molecular weight is 1090 g/mol. The van der Waals surface area contributed by atoms with Gasteiger partial charge in [-0.25, -0.2) is 0 Å². The van der Waals surface area contributed by atoms with Gasteiger partial charge in [-0.15, -0.1) is 0 Å². The number of allylic oxidation sites excluding steroid dienone is 6. The largest absolute Gasteiger partial charge is 0.394 e. The summed E-state index contributed by atoms with van der Waals surface area (Å²) in [5.41, 5.74) is 0. The Bertz CT molecular complexity index is 1190. The lowest BCUT2D eigenvalue weighted by molar-refractivity contribution is -0.123. The van der Waals surface area contributed by atoms with Crippen LogP contribution in [0.15, 0.2) is 36.5 Å². The molecule has 0 fully saturated rings. The highest BCUT2D eigenvalue weighted by molar-refractivity contribution is 5.76. The summed E-state index contributed by atoms with van der Waals surface area (Å²) in [6, 6.07) is -0.536. The number of carbonyl (C=O) groups excluding carboxylic acids is 1. The Balaban J connectivity index is 3.37. The number of carbonyl (C=O) groups is 1. The zero-order valence-electron chi connectivity index (χ0n) is 53.5. The highest BCUT2D eigenvalue weighted by atomic mass is 16.3. The van der Waals surface area contributed by atoms with Crippen LogP contribution in [0.2, 0.25) is 0 Å². The van der Waals surface area contributed by atoms with Crippen molar-refractivity contribution in [2.24, 2.45) is 0 Å². The molecule has 2 atom stereocenters. The summed E-state index contributed by atoms with van der Waals surface area (Å²) in [5, 5.41) is 23.5. The van der Waals surface area contributed by atoms with E-state index in [0.717, 1.165) is 38.5 Å². The predicted molar refractivity (Wildman–Crippen MR) is 350 cm³/mol. The van der Waals surface area contributed by atoms with Gasteiger partial charge in [0, 0.05) is 6.42 Å². The van der Waals surface area contributed by atoms with Gasteiger partial charge in [0.15, 0.2) is 0 Å². The van der Waals surface area contributed by atoms with Crippen molar-refractivity contribution in [3.8, 4) is 0 Å². The van der Waals surface area contributed by atoms with Crippen LogP contribution in [-0.2, 0) is 4.79 Å². The van der Waals surface area contributed by atoms with Crippen molar-refractivity contribution in [2.75, 3.05) is 6.61 Å². The van der Waals surface area contributed by atoms with Gasteiger partial charge in [-0.3, -0.25) is 4.79 Å². The van der Waals surface area contributed by atoms with Gasteiger partial charge in [-0.1, -0.05) is 391 Å². The molecule has 4 nitrogen and oxygen atoms in total. The normalized spacial score (nSPS) is 12.8. The van der Waals surface area contributed by atoms with Gasteiger partial charge in [0.05, 0.1) is 18.8 Å². The van der Waals surface area contributed by atoms with Crippen molar-refractivity contribution in [3.05, 3.63) is 36.5 Å². The molecule has 0 aliphatic carbocycles. The number of amides is 1. The Morgan fingerprint density at radius 3 is 0.782 bits per heavy atom. The first-order valence-corrected chi connectivity index (χ1v) is 36.2. The van der Waals surface area contributed by atoms with E-state index in [1.165, 1.54) is 347 Å². The van der Waals surface area contributed by atoms with E-state index in [-0.39, 0.29) is 12.5 Å². The summed E-state index contributed by atoms with van der Waals surface area (Å²) < 4.78 is 0. The molecule has 0 aromatic heterocycles. The summed E-state index contributed by atoms with van der Waals surface area (Å²) in [4.78, 5) is 12.6. The van der Waals surface area contributed by atoms with Gasteiger partial charge in [0.1, 0.15) is 0 Å². The van der Waals surface area contributed by atoms with E-state index in [2.05, 4.69) is 55.6 Å². The van der Waals surface area contributed by atoms with Gasteiger partial charge >= 0.3 is 0 Å². The SMILES string of the molecule is CCCCCCC/C=C\C/C=C\C/C=C\CCCCCCCCCCCCCCCCCCCCCCCCCCC(=O)NC(CO)C(O)CCCCCCCCCCCCCCCCCCCCCCCCCCCCC. The first-order chi connectivity index (χ1) is 38.7. The number of aliphatic hydroxyl groups excluding tert-OH is 2. The first-order valence-electron chi connectivity index (χ1n) is 36.2. The van der Waals surface area contributed by atoms with E-state index >= 15 is 0 Å². The third kappa shape index (κ3) is 65.4. The van der Waals surface area contributed by atoms with E-state index in [4.69, 9.17) is 0 Å². The van der Waals surface area contributed by atoms with Crippen molar-refractivity contribution in [1.82, 2.24) is 5.32 Å². The van der Waals surface area contributed by atoms with Crippen LogP contribution in [0, 0.1) is 0 Å². The van der Waals surface area contributed by atoms with Crippen LogP contribution in [0.5, 0.6) is 0 Å². The second-order valence-corrected chi connectivity index (χ2v) is 25.0. The maximum atomic E-state index is 12.6. The molecular formula is C74H143NO3. The summed E-state index contributed by atoms with van der Waals surface area (Å²) in [6.45, 7) is 4.39. The molecule has 0 saturated carbocycles. The van der Waals surface area contributed by atoms with Crippen LogP contribution in [0.1, 0.15) is 412 Å². The molecule has 0 rings (SSSR count). The quantitative estimate of drug-likeness (QED) is 0.0420. The van der Waals surface area contributed by atoms with Crippen LogP contribution < -0.4 is 5.32 Å². The molecule has 0 radical (unpaired) electrons. The monoisotopic (exact) mass is 1090 g/mol. The summed E-state index contributed by atoms with van der Waals surface area (Å²) in [5.74, 6) is -0.0217. The highest BCUT2D eigenvalue weighted by Crippen LogP contribution is 2.20. The topological polar surface area (TPSA) is 69.6 Å². The molecule has 0 aliphatic heterocycles. The van der Waals surface area contributed by atoms with Crippen molar-refractivity contribution in [1.29, 1.82) is 0 Å². The maximum absolute atomic E-state index is 12.6. The zero-order valence-corrected chi connectivity index (χ0v) is 53.5. The lowest BCUT2D eigenvalue weighted by Crippen LogP contribution is -2.45. The highest BCUT2D eigenvalue weighted by Gasteiger charge is 2.20.